The normalized spacial score (nSPS) is 24.8. The van der Waals surface area contributed by atoms with Gasteiger partial charge in [0.1, 0.15) is 0 Å². The Labute approximate surface area is 60.7 Å². The summed E-state index contributed by atoms with van der Waals surface area (Å²) < 4.78 is 0. The van der Waals surface area contributed by atoms with Gasteiger partial charge in [0.15, 0.2) is 0 Å². The Bertz CT molecular complexity index is 101. The van der Waals surface area contributed by atoms with Crippen molar-refractivity contribution in [3.05, 3.63) is 11.6 Å². The van der Waals surface area contributed by atoms with E-state index in [-0.39, 0.29) is 0 Å². The molecule has 1 saturated heterocycles. The van der Waals surface area contributed by atoms with E-state index in [1.54, 1.807) is 5.57 Å². The molecule has 0 spiro atoms. The van der Waals surface area contributed by atoms with E-state index < -0.39 is 0 Å². The largest absolute Gasteiger partial charge is 0.327 e. The van der Waals surface area contributed by atoms with Crippen LogP contribution in [-0.4, -0.2) is 18.1 Å². The summed E-state index contributed by atoms with van der Waals surface area (Å²) in [5.41, 5.74) is 6.92. The summed E-state index contributed by atoms with van der Waals surface area (Å²) in [4.78, 5) is 0. The minimum atomic E-state index is 0.718. The topological polar surface area (TPSA) is 26.0 Å². The molecule has 52 valence electrons. The molecule has 0 aromatic carbocycles. The molecule has 2 N–H and O–H groups in total. The lowest BCUT2D eigenvalue weighted by Crippen LogP contribution is -2.02. The minimum Gasteiger partial charge on any atom is -0.327 e. The molecule has 0 aromatic heterocycles. The van der Waals surface area contributed by atoms with Gasteiger partial charge < -0.3 is 5.73 Å². The van der Waals surface area contributed by atoms with Crippen LogP contribution in [0.4, 0.5) is 0 Å². The van der Waals surface area contributed by atoms with Crippen LogP contribution >= 0.6 is 11.8 Å². The van der Waals surface area contributed by atoms with Crippen molar-refractivity contribution in [3.8, 4) is 0 Å². The van der Waals surface area contributed by atoms with Crippen molar-refractivity contribution in [1.82, 2.24) is 0 Å². The lowest BCUT2D eigenvalue weighted by Gasteiger charge is -2.12. The van der Waals surface area contributed by atoms with Gasteiger partial charge in [0.25, 0.3) is 0 Å². The fourth-order valence-electron chi connectivity index (χ4n) is 1.00. The highest BCUT2D eigenvalue weighted by molar-refractivity contribution is 7.99. The van der Waals surface area contributed by atoms with Crippen LogP contribution in [0.5, 0.6) is 0 Å². The van der Waals surface area contributed by atoms with Crippen molar-refractivity contribution in [2.24, 2.45) is 5.73 Å². The van der Waals surface area contributed by atoms with Crippen molar-refractivity contribution in [3.63, 3.8) is 0 Å². The number of thioether (sulfide) groups is 1. The average Bonchev–Trinajstić information content (AvgIpc) is 1.91. The summed E-state index contributed by atoms with van der Waals surface area (Å²) in [5, 5.41) is 0. The number of rotatable bonds is 1. The summed E-state index contributed by atoms with van der Waals surface area (Å²) in [7, 11) is 0. The van der Waals surface area contributed by atoms with Crippen LogP contribution in [-0.2, 0) is 0 Å². The SMILES string of the molecule is NCC=C1CCCSC1. The molecule has 0 amide bonds. The highest BCUT2D eigenvalue weighted by atomic mass is 32.2. The smallest absolute Gasteiger partial charge is 0.0143 e. The minimum absolute atomic E-state index is 0.718. The van der Waals surface area contributed by atoms with E-state index >= 15 is 0 Å². The van der Waals surface area contributed by atoms with Gasteiger partial charge in [-0.2, -0.15) is 11.8 Å². The van der Waals surface area contributed by atoms with Gasteiger partial charge in [0.2, 0.25) is 0 Å². The molecule has 0 bridgehead atoms. The Morgan fingerprint density at radius 2 is 2.56 bits per heavy atom. The Morgan fingerprint density at radius 3 is 3.11 bits per heavy atom. The summed E-state index contributed by atoms with van der Waals surface area (Å²) in [6, 6.07) is 0. The number of hydrogen-bond donors (Lipinski definition) is 1. The van der Waals surface area contributed by atoms with Crippen molar-refractivity contribution in [1.29, 1.82) is 0 Å². The molecule has 1 fully saturated rings. The summed E-state index contributed by atoms with van der Waals surface area (Å²) in [5.74, 6) is 2.55. The zero-order chi connectivity index (χ0) is 6.53. The summed E-state index contributed by atoms with van der Waals surface area (Å²) in [6.07, 6.45) is 4.78. The molecule has 1 heterocycles. The molecule has 2 heteroatoms. The third-order valence-corrected chi connectivity index (χ3v) is 2.63. The first-order valence-corrected chi connectivity index (χ1v) is 4.54. The maximum atomic E-state index is 5.37. The second-order valence-electron chi connectivity index (χ2n) is 2.25. The average molecular weight is 143 g/mol. The third-order valence-electron chi connectivity index (χ3n) is 1.48. The van der Waals surface area contributed by atoms with Gasteiger partial charge in [0.05, 0.1) is 0 Å². The fraction of sp³-hybridized carbons (Fsp3) is 0.714. The Balaban J connectivity index is 2.30. The van der Waals surface area contributed by atoms with E-state index in [1.165, 1.54) is 24.3 Å². The van der Waals surface area contributed by atoms with Crippen LogP contribution < -0.4 is 5.73 Å². The molecule has 0 aromatic rings. The monoisotopic (exact) mass is 143 g/mol. The zero-order valence-electron chi connectivity index (χ0n) is 5.60. The van der Waals surface area contributed by atoms with Crippen molar-refractivity contribution >= 4 is 11.8 Å². The Kier molecular flexibility index (Phi) is 3.15. The second kappa shape index (κ2) is 3.96. The lowest BCUT2D eigenvalue weighted by molar-refractivity contribution is 0.893. The van der Waals surface area contributed by atoms with Crippen LogP contribution in [0.15, 0.2) is 11.6 Å². The molecular formula is C7H13NS. The van der Waals surface area contributed by atoms with Crippen LogP contribution in [0.3, 0.4) is 0 Å². The predicted molar refractivity (Wildman–Crippen MR) is 43.7 cm³/mol. The first kappa shape index (κ1) is 7.16. The van der Waals surface area contributed by atoms with E-state index in [0.717, 1.165) is 6.54 Å². The van der Waals surface area contributed by atoms with E-state index in [4.69, 9.17) is 5.73 Å². The van der Waals surface area contributed by atoms with E-state index in [9.17, 15) is 0 Å². The van der Waals surface area contributed by atoms with Gasteiger partial charge in [-0.15, -0.1) is 0 Å². The van der Waals surface area contributed by atoms with E-state index in [2.05, 4.69) is 6.08 Å². The van der Waals surface area contributed by atoms with Crippen LogP contribution in [0.2, 0.25) is 0 Å². The van der Waals surface area contributed by atoms with E-state index in [0.29, 0.717) is 0 Å². The van der Waals surface area contributed by atoms with Crippen molar-refractivity contribution in [2.45, 2.75) is 12.8 Å². The standard InChI is InChI=1S/C7H13NS/c8-4-3-7-2-1-5-9-6-7/h3H,1-2,4-6,8H2. The fourth-order valence-corrected chi connectivity index (χ4v) is 2.02. The molecule has 1 rings (SSSR count). The summed E-state index contributed by atoms with van der Waals surface area (Å²) >= 11 is 2.02. The molecule has 1 aliphatic rings. The summed E-state index contributed by atoms with van der Waals surface area (Å²) in [6.45, 7) is 0.718. The molecule has 0 radical (unpaired) electrons. The van der Waals surface area contributed by atoms with Crippen LogP contribution in [0, 0.1) is 0 Å². The molecule has 9 heavy (non-hydrogen) atoms. The van der Waals surface area contributed by atoms with E-state index in [1.807, 2.05) is 11.8 Å². The molecule has 0 saturated carbocycles. The third kappa shape index (κ3) is 2.41. The first-order valence-electron chi connectivity index (χ1n) is 3.39. The highest BCUT2D eigenvalue weighted by Crippen LogP contribution is 2.20. The number of nitrogens with two attached hydrogens (primary N) is 1. The van der Waals surface area contributed by atoms with Gasteiger partial charge in [-0.3, -0.25) is 0 Å². The maximum absolute atomic E-state index is 5.37. The van der Waals surface area contributed by atoms with Gasteiger partial charge in [0, 0.05) is 12.3 Å². The van der Waals surface area contributed by atoms with Crippen molar-refractivity contribution in [2.75, 3.05) is 18.1 Å². The van der Waals surface area contributed by atoms with Crippen LogP contribution in [0.1, 0.15) is 12.8 Å². The molecule has 0 aliphatic carbocycles. The lowest BCUT2D eigenvalue weighted by atomic mass is 10.1. The number of hydrogen-bond acceptors (Lipinski definition) is 2. The molecule has 0 unspecified atom stereocenters. The van der Waals surface area contributed by atoms with Crippen molar-refractivity contribution < 1.29 is 0 Å². The zero-order valence-corrected chi connectivity index (χ0v) is 6.41. The first-order chi connectivity index (χ1) is 4.43. The maximum Gasteiger partial charge on any atom is 0.0143 e. The quantitative estimate of drug-likeness (QED) is 0.561. The highest BCUT2D eigenvalue weighted by Gasteiger charge is 2.03. The predicted octanol–water partition coefficient (Wildman–Crippen LogP) is 1.40. The van der Waals surface area contributed by atoms with Gasteiger partial charge in [-0.1, -0.05) is 11.6 Å². The molecule has 1 nitrogen and oxygen atoms in total. The molecule has 0 atom stereocenters. The van der Waals surface area contributed by atoms with Crippen LogP contribution in [0.25, 0.3) is 0 Å². The van der Waals surface area contributed by atoms with Gasteiger partial charge >= 0.3 is 0 Å². The Hall–Kier alpha value is 0.0500. The molecular weight excluding hydrogens is 130 g/mol. The van der Waals surface area contributed by atoms with Gasteiger partial charge in [-0.05, 0) is 18.6 Å². The molecule has 1 aliphatic heterocycles. The second-order valence-corrected chi connectivity index (χ2v) is 3.36. The van der Waals surface area contributed by atoms with Gasteiger partial charge in [-0.25, -0.2) is 0 Å². The Morgan fingerprint density at radius 1 is 1.67 bits per heavy atom.